The van der Waals surface area contributed by atoms with Crippen LogP contribution in [0.15, 0.2) is 30.0 Å². The lowest BCUT2D eigenvalue weighted by Crippen LogP contribution is -2.41. The number of aromatic nitrogens is 1. The fourth-order valence-corrected chi connectivity index (χ4v) is 2.18. The molecule has 1 aliphatic rings. The smallest absolute Gasteiger partial charge is 0.348 e. The summed E-state index contributed by atoms with van der Waals surface area (Å²) >= 11 is 0. The molecule has 0 aliphatic carbocycles. The first kappa shape index (κ1) is 13.4. The van der Waals surface area contributed by atoms with Crippen molar-refractivity contribution in [2.24, 2.45) is 0 Å². The molecule has 0 atom stereocenters. The maximum absolute atomic E-state index is 13.9. The highest BCUT2D eigenvalue weighted by atomic mass is 19.1. The van der Waals surface area contributed by atoms with Gasteiger partial charge in [-0.05, 0) is 29.8 Å². The van der Waals surface area contributed by atoms with Crippen molar-refractivity contribution in [1.29, 1.82) is 0 Å². The van der Waals surface area contributed by atoms with E-state index in [2.05, 4.69) is 4.98 Å². The molecule has 1 aromatic heterocycles. The predicted molar refractivity (Wildman–Crippen MR) is 72.5 cm³/mol. The Kier molecular flexibility index (Phi) is 2.83. The van der Waals surface area contributed by atoms with Crippen molar-refractivity contribution in [3.05, 3.63) is 41.3 Å². The van der Waals surface area contributed by atoms with E-state index in [1.165, 1.54) is 26.0 Å². The SMILES string of the molecule is CC1(C)OC(=O)C(=Cc2cc(F)c3[nH]ccc3c2)C(=O)O1. The van der Waals surface area contributed by atoms with E-state index in [1.807, 2.05) is 0 Å². The van der Waals surface area contributed by atoms with Crippen molar-refractivity contribution in [3.63, 3.8) is 0 Å². The highest BCUT2D eigenvalue weighted by Crippen LogP contribution is 2.26. The summed E-state index contributed by atoms with van der Waals surface area (Å²) in [5.74, 6) is -3.33. The Labute approximate surface area is 119 Å². The average molecular weight is 289 g/mol. The number of carbonyl (C=O) groups excluding carboxylic acids is 2. The third-order valence-corrected chi connectivity index (χ3v) is 3.06. The number of carbonyl (C=O) groups is 2. The van der Waals surface area contributed by atoms with E-state index in [4.69, 9.17) is 9.47 Å². The minimum absolute atomic E-state index is 0.261. The third-order valence-electron chi connectivity index (χ3n) is 3.06. The lowest BCUT2D eigenvalue weighted by molar-refractivity contribution is -0.222. The fourth-order valence-electron chi connectivity index (χ4n) is 2.18. The Morgan fingerprint density at radius 1 is 1.19 bits per heavy atom. The number of hydrogen-bond donors (Lipinski definition) is 1. The van der Waals surface area contributed by atoms with E-state index in [0.29, 0.717) is 16.5 Å². The molecule has 1 aliphatic heterocycles. The lowest BCUT2D eigenvalue weighted by Gasteiger charge is -2.29. The Hall–Kier alpha value is -2.63. The van der Waals surface area contributed by atoms with Gasteiger partial charge in [-0.3, -0.25) is 0 Å². The Morgan fingerprint density at radius 2 is 1.86 bits per heavy atom. The van der Waals surface area contributed by atoms with Crippen LogP contribution in [-0.2, 0) is 19.1 Å². The van der Waals surface area contributed by atoms with Crippen molar-refractivity contribution in [3.8, 4) is 0 Å². The van der Waals surface area contributed by atoms with Crippen LogP contribution in [0.3, 0.4) is 0 Å². The molecule has 2 aromatic rings. The maximum Gasteiger partial charge on any atom is 0.348 e. The summed E-state index contributed by atoms with van der Waals surface area (Å²) in [6.45, 7) is 2.93. The zero-order valence-electron chi connectivity index (χ0n) is 11.4. The Balaban J connectivity index is 2.03. The number of aromatic amines is 1. The van der Waals surface area contributed by atoms with Gasteiger partial charge in [-0.2, -0.15) is 0 Å². The molecular formula is C15H12FNO4. The first-order valence-corrected chi connectivity index (χ1v) is 6.31. The summed E-state index contributed by atoms with van der Waals surface area (Å²) in [5, 5.41) is 0.639. The van der Waals surface area contributed by atoms with Crippen molar-refractivity contribution in [2.75, 3.05) is 0 Å². The predicted octanol–water partition coefficient (Wildman–Crippen LogP) is 2.53. The molecule has 0 spiro atoms. The van der Waals surface area contributed by atoms with E-state index >= 15 is 0 Å². The summed E-state index contributed by atoms with van der Waals surface area (Å²) in [6.07, 6.45) is 2.87. The molecule has 0 saturated carbocycles. The van der Waals surface area contributed by atoms with Crippen LogP contribution in [0.5, 0.6) is 0 Å². The van der Waals surface area contributed by atoms with Crippen LogP contribution in [0, 0.1) is 5.82 Å². The molecule has 0 radical (unpaired) electrons. The van der Waals surface area contributed by atoms with E-state index in [1.54, 1.807) is 18.3 Å². The summed E-state index contributed by atoms with van der Waals surface area (Å²) in [6, 6.07) is 4.58. The quantitative estimate of drug-likeness (QED) is 0.497. The number of esters is 2. The second kappa shape index (κ2) is 4.44. The van der Waals surface area contributed by atoms with Gasteiger partial charge in [0, 0.05) is 25.4 Å². The highest BCUT2D eigenvalue weighted by Gasteiger charge is 2.38. The summed E-state index contributed by atoms with van der Waals surface area (Å²) in [4.78, 5) is 26.4. The molecule has 1 N–H and O–H groups in total. The number of nitrogens with one attached hydrogen (secondary N) is 1. The minimum atomic E-state index is -1.29. The molecule has 6 heteroatoms. The normalized spacial score (nSPS) is 17.6. The Bertz CT molecular complexity index is 766. The maximum atomic E-state index is 13.9. The van der Waals surface area contributed by atoms with Crippen LogP contribution >= 0.6 is 0 Å². The monoisotopic (exact) mass is 289 g/mol. The van der Waals surface area contributed by atoms with Gasteiger partial charge in [-0.1, -0.05) is 0 Å². The topological polar surface area (TPSA) is 68.4 Å². The largest absolute Gasteiger partial charge is 0.419 e. The van der Waals surface area contributed by atoms with E-state index in [0.717, 1.165) is 0 Å². The molecule has 2 heterocycles. The summed E-state index contributed by atoms with van der Waals surface area (Å²) in [5.41, 5.74) is 0.485. The number of benzene rings is 1. The van der Waals surface area contributed by atoms with Crippen LogP contribution in [0.1, 0.15) is 19.4 Å². The van der Waals surface area contributed by atoms with Crippen LogP contribution in [-0.4, -0.2) is 22.7 Å². The second-order valence-corrected chi connectivity index (χ2v) is 5.18. The molecule has 1 fully saturated rings. The van der Waals surface area contributed by atoms with Crippen molar-refractivity contribution >= 4 is 28.9 Å². The van der Waals surface area contributed by atoms with E-state index < -0.39 is 23.5 Å². The molecule has 108 valence electrons. The fraction of sp³-hybridized carbons (Fsp3) is 0.200. The first-order valence-electron chi connectivity index (χ1n) is 6.31. The number of halogens is 1. The van der Waals surface area contributed by atoms with Gasteiger partial charge < -0.3 is 14.5 Å². The van der Waals surface area contributed by atoms with Crippen LogP contribution < -0.4 is 0 Å². The van der Waals surface area contributed by atoms with E-state index in [9.17, 15) is 14.0 Å². The van der Waals surface area contributed by atoms with Gasteiger partial charge in [-0.25, -0.2) is 14.0 Å². The minimum Gasteiger partial charge on any atom is -0.419 e. The van der Waals surface area contributed by atoms with Gasteiger partial charge in [0.15, 0.2) is 0 Å². The number of H-pyrrole nitrogens is 1. The molecule has 0 bridgehead atoms. The number of hydrogen-bond acceptors (Lipinski definition) is 4. The average Bonchev–Trinajstić information content (AvgIpc) is 2.81. The van der Waals surface area contributed by atoms with Crippen LogP contribution in [0.25, 0.3) is 17.0 Å². The number of fused-ring (bicyclic) bond motifs is 1. The van der Waals surface area contributed by atoms with Crippen molar-refractivity contribution in [2.45, 2.75) is 19.6 Å². The van der Waals surface area contributed by atoms with Crippen LogP contribution in [0.2, 0.25) is 0 Å². The number of ether oxygens (including phenoxy) is 2. The first-order chi connectivity index (χ1) is 9.85. The summed E-state index contributed by atoms with van der Waals surface area (Å²) in [7, 11) is 0. The van der Waals surface area contributed by atoms with Gasteiger partial charge in [0.05, 0.1) is 5.52 Å². The molecule has 0 amide bonds. The molecule has 3 rings (SSSR count). The number of cyclic esters (lactones) is 2. The van der Waals surface area contributed by atoms with Crippen molar-refractivity contribution < 1.29 is 23.5 Å². The van der Waals surface area contributed by atoms with Gasteiger partial charge in [0.25, 0.3) is 5.79 Å². The molecule has 5 nitrogen and oxygen atoms in total. The van der Waals surface area contributed by atoms with Crippen LogP contribution in [0.4, 0.5) is 4.39 Å². The molecule has 21 heavy (non-hydrogen) atoms. The zero-order valence-corrected chi connectivity index (χ0v) is 11.4. The molecule has 1 saturated heterocycles. The van der Waals surface area contributed by atoms with Gasteiger partial charge >= 0.3 is 11.9 Å². The van der Waals surface area contributed by atoms with Gasteiger partial charge in [-0.15, -0.1) is 0 Å². The van der Waals surface area contributed by atoms with Gasteiger partial charge in [0.1, 0.15) is 11.4 Å². The zero-order chi connectivity index (χ0) is 15.2. The lowest BCUT2D eigenvalue weighted by atomic mass is 10.1. The van der Waals surface area contributed by atoms with Crippen molar-refractivity contribution in [1.82, 2.24) is 4.98 Å². The van der Waals surface area contributed by atoms with Gasteiger partial charge in [0.2, 0.25) is 0 Å². The molecule has 1 aromatic carbocycles. The van der Waals surface area contributed by atoms with E-state index in [-0.39, 0.29) is 5.57 Å². The molecule has 0 unspecified atom stereocenters. The second-order valence-electron chi connectivity index (χ2n) is 5.18. The molecular weight excluding hydrogens is 277 g/mol. The number of rotatable bonds is 1. The summed E-state index contributed by atoms with van der Waals surface area (Å²) < 4.78 is 23.8. The standard InChI is InChI=1S/C15H12FNO4/c1-15(2)20-13(18)10(14(19)21-15)6-8-5-9-3-4-17-12(9)11(16)7-8/h3-7,17H,1-2H3. The third kappa shape index (κ3) is 2.40. The Morgan fingerprint density at radius 3 is 2.52 bits per heavy atom. The highest BCUT2D eigenvalue weighted by molar-refractivity contribution is 6.19.